The highest BCUT2D eigenvalue weighted by Gasteiger charge is 2.19. The van der Waals surface area contributed by atoms with Crippen molar-refractivity contribution < 1.29 is 0 Å². The zero-order chi connectivity index (χ0) is 10.8. The Kier molecular flexibility index (Phi) is 4.77. The fraction of sp³-hybridized carbons (Fsp3) is 0.727. The van der Waals surface area contributed by atoms with Gasteiger partial charge in [-0.15, -0.1) is 12.4 Å². The summed E-state index contributed by atoms with van der Waals surface area (Å²) in [6.45, 7) is 8.72. The molecule has 2 heterocycles. The Labute approximate surface area is 103 Å². The molecule has 5 heteroatoms. The maximum atomic E-state index is 4.38. The minimum atomic E-state index is 0. The standard InChI is InChI=1S/C11H20N4.ClH/c1-9-6-12-4-5-15(9)8-11-7-14(3)13-10(11)2;/h7,9,12H,4-6,8H2,1-3H3;1H/t9-;/m1./s1. The van der Waals surface area contributed by atoms with Crippen molar-refractivity contribution in [3.63, 3.8) is 0 Å². The van der Waals surface area contributed by atoms with Crippen LogP contribution in [0.25, 0.3) is 0 Å². The lowest BCUT2D eigenvalue weighted by molar-refractivity contribution is 0.165. The van der Waals surface area contributed by atoms with Crippen molar-refractivity contribution >= 4 is 12.4 Å². The predicted molar refractivity (Wildman–Crippen MR) is 67.9 cm³/mol. The second kappa shape index (κ2) is 5.66. The van der Waals surface area contributed by atoms with E-state index >= 15 is 0 Å². The lowest BCUT2D eigenvalue weighted by atomic mass is 10.1. The van der Waals surface area contributed by atoms with Crippen molar-refractivity contribution in [3.05, 3.63) is 17.5 Å². The summed E-state index contributed by atoms with van der Waals surface area (Å²) < 4.78 is 1.90. The number of hydrogen-bond donors (Lipinski definition) is 1. The lowest BCUT2D eigenvalue weighted by Crippen LogP contribution is -2.49. The number of nitrogens with one attached hydrogen (secondary N) is 1. The molecule has 0 saturated carbocycles. The molecule has 92 valence electrons. The van der Waals surface area contributed by atoms with Crippen molar-refractivity contribution in [2.45, 2.75) is 26.4 Å². The van der Waals surface area contributed by atoms with Gasteiger partial charge in [0, 0.05) is 51.0 Å². The molecule has 0 unspecified atom stereocenters. The number of halogens is 1. The molecule has 0 aliphatic carbocycles. The summed E-state index contributed by atoms with van der Waals surface area (Å²) >= 11 is 0. The molecule has 0 bridgehead atoms. The summed E-state index contributed by atoms with van der Waals surface area (Å²) in [7, 11) is 1.98. The molecule has 0 radical (unpaired) electrons. The molecule has 1 aromatic heterocycles. The Bertz CT molecular complexity index is 337. The molecule has 16 heavy (non-hydrogen) atoms. The van der Waals surface area contributed by atoms with E-state index in [4.69, 9.17) is 0 Å². The first-order valence-electron chi connectivity index (χ1n) is 5.60. The Hall–Kier alpha value is -0.580. The molecule has 0 spiro atoms. The summed E-state index contributed by atoms with van der Waals surface area (Å²) in [5.41, 5.74) is 2.51. The van der Waals surface area contributed by atoms with Gasteiger partial charge in [-0.3, -0.25) is 9.58 Å². The summed E-state index contributed by atoms with van der Waals surface area (Å²) in [5, 5.41) is 7.78. The van der Waals surface area contributed by atoms with Crippen molar-refractivity contribution in [1.82, 2.24) is 20.0 Å². The molecule has 4 nitrogen and oxygen atoms in total. The van der Waals surface area contributed by atoms with Gasteiger partial charge in [-0.25, -0.2) is 0 Å². The van der Waals surface area contributed by atoms with Gasteiger partial charge in [0.05, 0.1) is 5.69 Å². The maximum Gasteiger partial charge on any atom is 0.0638 e. The minimum Gasteiger partial charge on any atom is -0.314 e. The topological polar surface area (TPSA) is 33.1 Å². The third kappa shape index (κ3) is 2.97. The first-order chi connectivity index (χ1) is 7.16. The average molecular weight is 245 g/mol. The highest BCUT2D eigenvalue weighted by atomic mass is 35.5. The van der Waals surface area contributed by atoms with Gasteiger partial charge in [0.1, 0.15) is 0 Å². The van der Waals surface area contributed by atoms with Crippen molar-refractivity contribution in [2.24, 2.45) is 7.05 Å². The van der Waals surface area contributed by atoms with Crippen LogP contribution in [0, 0.1) is 6.92 Å². The summed E-state index contributed by atoms with van der Waals surface area (Å²) in [5.74, 6) is 0. The van der Waals surface area contributed by atoms with Crippen molar-refractivity contribution in [2.75, 3.05) is 19.6 Å². The van der Waals surface area contributed by atoms with Crippen molar-refractivity contribution in [1.29, 1.82) is 0 Å². The van der Waals surface area contributed by atoms with Gasteiger partial charge in [0.25, 0.3) is 0 Å². The number of rotatable bonds is 2. The van der Waals surface area contributed by atoms with Crippen LogP contribution in [0.4, 0.5) is 0 Å². The molecule has 1 aromatic rings. The van der Waals surface area contributed by atoms with Crippen LogP contribution in [0.5, 0.6) is 0 Å². The zero-order valence-electron chi connectivity index (χ0n) is 10.2. The van der Waals surface area contributed by atoms with Crippen molar-refractivity contribution in [3.8, 4) is 0 Å². The Balaban J connectivity index is 0.00000128. The summed E-state index contributed by atoms with van der Waals surface area (Å²) in [6.07, 6.45) is 2.13. The maximum absolute atomic E-state index is 4.38. The molecule has 0 amide bonds. The number of aryl methyl sites for hydroxylation is 2. The molecule has 1 atom stereocenters. The highest BCUT2D eigenvalue weighted by Crippen LogP contribution is 2.12. The van der Waals surface area contributed by atoms with E-state index in [1.165, 1.54) is 5.56 Å². The first kappa shape index (κ1) is 13.5. The van der Waals surface area contributed by atoms with E-state index in [-0.39, 0.29) is 12.4 Å². The van der Waals surface area contributed by atoms with Gasteiger partial charge < -0.3 is 5.32 Å². The van der Waals surface area contributed by atoms with Gasteiger partial charge in [0.15, 0.2) is 0 Å². The number of aromatic nitrogens is 2. The fourth-order valence-corrected chi connectivity index (χ4v) is 2.14. The van der Waals surface area contributed by atoms with Crippen LogP contribution in [0.15, 0.2) is 6.20 Å². The first-order valence-corrected chi connectivity index (χ1v) is 5.60. The average Bonchev–Trinajstić information content (AvgIpc) is 2.49. The van der Waals surface area contributed by atoms with Gasteiger partial charge in [0.2, 0.25) is 0 Å². The fourth-order valence-electron chi connectivity index (χ4n) is 2.14. The van der Waals surface area contributed by atoms with E-state index in [9.17, 15) is 0 Å². The lowest BCUT2D eigenvalue weighted by Gasteiger charge is -2.33. The molecular formula is C11H21ClN4. The van der Waals surface area contributed by atoms with Gasteiger partial charge in [-0.1, -0.05) is 0 Å². The van der Waals surface area contributed by atoms with Crippen LogP contribution in [0.3, 0.4) is 0 Å². The van der Waals surface area contributed by atoms with E-state index < -0.39 is 0 Å². The quantitative estimate of drug-likeness (QED) is 0.841. The minimum absolute atomic E-state index is 0. The SMILES string of the molecule is Cc1nn(C)cc1CN1CCNC[C@H]1C.Cl. The van der Waals surface area contributed by atoms with Crippen LogP contribution < -0.4 is 5.32 Å². The zero-order valence-corrected chi connectivity index (χ0v) is 11.0. The van der Waals surface area contributed by atoms with Gasteiger partial charge in [-0.05, 0) is 13.8 Å². The second-order valence-electron chi connectivity index (χ2n) is 4.44. The van der Waals surface area contributed by atoms with E-state index in [1.807, 2.05) is 11.7 Å². The largest absolute Gasteiger partial charge is 0.314 e. The molecule has 0 aromatic carbocycles. The molecule has 1 aliphatic heterocycles. The third-order valence-corrected chi connectivity index (χ3v) is 3.13. The predicted octanol–water partition coefficient (Wildman–Crippen LogP) is 0.944. The summed E-state index contributed by atoms with van der Waals surface area (Å²) in [6, 6.07) is 0.623. The van der Waals surface area contributed by atoms with Gasteiger partial charge >= 0.3 is 0 Å². The molecular weight excluding hydrogens is 224 g/mol. The van der Waals surface area contributed by atoms with E-state index in [1.54, 1.807) is 0 Å². The Morgan fingerprint density at radius 3 is 2.88 bits per heavy atom. The third-order valence-electron chi connectivity index (χ3n) is 3.13. The molecule has 1 N–H and O–H groups in total. The smallest absolute Gasteiger partial charge is 0.0638 e. The molecule has 1 saturated heterocycles. The van der Waals surface area contributed by atoms with E-state index in [0.717, 1.165) is 31.9 Å². The number of nitrogens with zero attached hydrogens (tertiary/aromatic N) is 3. The highest BCUT2D eigenvalue weighted by molar-refractivity contribution is 5.85. The monoisotopic (exact) mass is 244 g/mol. The van der Waals surface area contributed by atoms with E-state index in [2.05, 4.69) is 35.4 Å². The second-order valence-corrected chi connectivity index (χ2v) is 4.44. The van der Waals surface area contributed by atoms with Crippen LogP contribution >= 0.6 is 12.4 Å². The van der Waals surface area contributed by atoms with E-state index in [0.29, 0.717) is 6.04 Å². The van der Waals surface area contributed by atoms with Crippen LogP contribution in [-0.4, -0.2) is 40.4 Å². The normalized spacial score (nSPS) is 21.8. The van der Waals surface area contributed by atoms with Crippen LogP contribution in [-0.2, 0) is 13.6 Å². The van der Waals surface area contributed by atoms with Gasteiger partial charge in [-0.2, -0.15) is 5.10 Å². The molecule has 1 fully saturated rings. The Morgan fingerprint density at radius 2 is 2.31 bits per heavy atom. The number of piperazine rings is 1. The Morgan fingerprint density at radius 1 is 1.56 bits per heavy atom. The van der Waals surface area contributed by atoms with Crippen LogP contribution in [0.2, 0.25) is 0 Å². The summed E-state index contributed by atoms with van der Waals surface area (Å²) in [4.78, 5) is 2.51. The van der Waals surface area contributed by atoms with Crippen LogP contribution in [0.1, 0.15) is 18.2 Å². The molecule has 1 aliphatic rings. The number of hydrogen-bond acceptors (Lipinski definition) is 3. The molecule has 2 rings (SSSR count).